The SMILES string of the molecule is CCC(C)(C)C(=O)c1ccc2c(c1)CCC(=O)N2C. The van der Waals surface area contributed by atoms with Gasteiger partial charge in [-0.3, -0.25) is 9.59 Å². The maximum Gasteiger partial charge on any atom is 0.227 e. The van der Waals surface area contributed by atoms with E-state index in [1.807, 2.05) is 39.0 Å². The number of hydrogen-bond acceptors (Lipinski definition) is 2. The molecule has 1 amide bonds. The first kappa shape index (κ1) is 13.8. The lowest BCUT2D eigenvalue weighted by Gasteiger charge is -2.27. The fourth-order valence-corrected chi connectivity index (χ4v) is 2.35. The minimum atomic E-state index is -0.329. The minimum absolute atomic E-state index is 0.139. The Bertz CT molecular complexity index is 532. The van der Waals surface area contributed by atoms with Gasteiger partial charge < -0.3 is 4.90 Å². The van der Waals surface area contributed by atoms with Crippen LogP contribution in [-0.4, -0.2) is 18.7 Å². The highest BCUT2D eigenvalue weighted by Gasteiger charge is 2.28. The molecule has 0 N–H and O–H groups in total. The molecule has 0 unspecified atom stereocenters. The zero-order valence-corrected chi connectivity index (χ0v) is 12.1. The maximum absolute atomic E-state index is 12.4. The van der Waals surface area contributed by atoms with E-state index in [9.17, 15) is 9.59 Å². The van der Waals surface area contributed by atoms with Crippen molar-refractivity contribution in [1.82, 2.24) is 0 Å². The minimum Gasteiger partial charge on any atom is -0.315 e. The summed E-state index contributed by atoms with van der Waals surface area (Å²) in [4.78, 5) is 25.8. The highest BCUT2D eigenvalue weighted by molar-refractivity contribution is 6.02. The summed E-state index contributed by atoms with van der Waals surface area (Å²) in [6, 6.07) is 5.69. The summed E-state index contributed by atoms with van der Waals surface area (Å²) >= 11 is 0. The van der Waals surface area contributed by atoms with Crippen molar-refractivity contribution in [3.63, 3.8) is 0 Å². The molecule has 1 aromatic rings. The van der Waals surface area contributed by atoms with E-state index in [2.05, 4.69) is 0 Å². The number of carbonyl (C=O) groups excluding carboxylic acids is 2. The molecule has 0 saturated heterocycles. The number of carbonyl (C=O) groups is 2. The molecule has 1 aromatic carbocycles. The summed E-state index contributed by atoms with van der Waals surface area (Å²) in [5.74, 6) is 0.317. The molecular formula is C16H21NO2. The quantitative estimate of drug-likeness (QED) is 0.782. The molecule has 0 atom stereocenters. The molecule has 0 spiro atoms. The number of anilines is 1. The largest absolute Gasteiger partial charge is 0.315 e. The second-order valence-corrected chi connectivity index (χ2v) is 5.86. The number of aryl methyl sites for hydroxylation is 1. The first-order valence-electron chi connectivity index (χ1n) is 6.81. The Hall–Kier alpha value is -1.64. The van der Waals surface area contributed by atoms with E-state index in [1.165, 1.54) is 0 Å². The van der Waals surface area contributed by atoms with Gasteiger partial charge in [0.1, 0.15) is 0 Å². The molecule has 0 bridgehead atoms. The fourth-order valence-electron chi connectivity index (χ4n) is 2.35. The number of fused-ring (bicyclic) bond motifs is 1. The van der Waals surface area contributed by atoms with Gasteiger partial charge in [-0.05, 0) is 36.6 Å². The van der Waals surface area contributed by atoms with Crippen molar-refractivity contribution in [2.75, 3.05) is 11.9 Å². The van der Waals surface area contributed by atoms with Crippen LogP contribution in [0.5, 0.6) is 0 Å². The molecule has 0 fully saturated rings. The van der Waals surface area contributed by atoms with Gasteiger partial charge >= 0.3 is 0 Å². The maximum atomic E-state index is 12.4. The van der Waals surface area contributed by atoms with Gasteiger partial charge in [-0.25, -0.2) is 0 Å². The van der Waals surface area contributed by atoms with Crippen LogP contribution in [0, 0.1) is 5.41 Å². The highest BCUT2D eigenvalue weighted by Crippen LogP contribution is 2.31. The molecule has 102 valence electrons. The standard InChI is InChI=1S/C16H21NO2/c1-5-16(2,3)15(19)12-6-8-13-11(10-12)7-9-14(18)17(13)4/h6,8,10H,5,7,9H2,1-4H3. The van der Waals surface area contributed by atoms with E-state index in [4.69, 9.17) is 0 Å². The van der Waals surface area contributed by atoms with Crippen molar-refractivity contribution in [3.05, 3.63) is 29.3 Å². The van der Waals surface area contributed by atoms with Gasteiger partial charge in [0.05, 0.1) is 0 Å². The van der Waals surface area contributed by atoms with Crippen molar-refractivity contribution in [1.29, 1.82) is 0 Å². The smallest absolute Gasteiger partial charge is 0.227 e. The second kappa shape index (κ2) is 4.80. The summed E-state index contributed by atoms with van der Waals surface area (Å²) < 4.78 is 0. The van der Waals surface area contributed by atoms with Crippen LogP contribution in [0.4, 0.5) is 5.69 Å². The van der Waals surface area contributed by atoms with Gasteiger partial charge in [0, 0.05) is 30.1 Å². The summed E-state index contributed by atoms with van der Waals surface area (Å²) in [5, 5.41) is 0. The third-order valence-corrected chi connectivity index (χ3v) is 4.18. The lowest BCUT2D eigenvalue weighted by Crippen LogP contribution is -2.31. The molecule has 3 heteroatoms. The van der Waals surface area contributed by atoms with Crippen LogP contribution in [-0.2, 0) is 11.2 Å². The van der Waals surface area contributed by atoms with Gasteiger partial charge in [0.2, 0.25) is 5.91 Å². The third kappa shape index (κ3) is 2.42. The summed E-state index contributed by atoms with van der Waals surface area (Å²) in [6.07, 6.45) is 2.08. The van der Waals surface area contributed by atoms with Gasteiger partial charge in [0.25, 0.3) is 0 Å². The van der Waals surface area contributed by atoms with Crippen molar-refractivity contribution >= 4 is 17.4 Å². The molecule has 1 heterocycles. The monoisotopic (exact) mass is 259 g/mol. The van der Waals surface area contributed by atoms with Gasteiger partial charge in [0.15, 0.2) is 5.78 Å². The second-order valence-electron chi connectivity index (χ2n) is 5.86. The molecule has 1 aliphatic rings. The topological polar surface area (TPSA) is 37.4 Å². The van der Waals surface area contributed by atoms with Crippen LogP contribution in [0.3, 0.4) is 0 Å². The zero-order chi connectivity index (χ0) is 14.2. The zero-order valence-electron chi connectivity index (χ0n) is 12.1. The molecule has 0 aromatic heterocycles. The molecule has 1 aliphatic heterocycles. The fraction of sp³-hybridized carbons (Fsp3) is 0.500. The Labute approximate surface area is 114 Å². The molecule has 0 radical (unpaired) electrons. The number of ketones is 1. The first-order valence-corrected chi connectivity index (χ1v) is 6.81. The molecule has 0 aliphatic carbocycles. The molecular weight excluding hydrogens is 238 g/mol. The van der Waals surface area contributed by atoms with Crippen molar-refractivity contribution < 1.29 is 9.59 Å². The van der Waals surface area contributed by atoms with Crippen LogP contribution in [0.15, 0.2) is 18.2 Å². The van der Waals surface area contributed by atoms with Gasteiger partial charge in [-0.1, -0.05) is 20.8 Å². The van der Waals surface area contributed by atoms with E-state index in [-0.39, 0.29) is 17.1 Å². The molecule has 3 nitrogen and oxygen atoms in total. The van der Waals surface area contributed by atoms with Crippen LogP contribution in [0.1, 0.15) is 49.5 Å². The Morgan fingerprint density at radius 1 is 1.32 bits per heavy atom. The predicted molar refractivity (Wildman–Crippen MR) is 76.6 cm³/mol. The lowest BCUT2D eigenvalue weighted by molar-refractivity contribution is -0.118. The highest BCUT2D eigenvalue weighted by atomic mass is 16.2. The average molecular weight is 259 g/mol. The van der Waals surface area contributed by atoms with Crippen molar-refractivity contribution in [3.8, 4) is 0 Å². The number of benzene rings is 1. The number of nitrogens with zero attached hydrogens (tertiary/aromatic N) is 1. The molecule has 0 saturated carbocycles. The number of rotatable bonds is 3. The number of amides is 1. The van der Waals surface area contributed by atoms with Crippen LogP contribution in [0.25, 0.3) is 0 Å². The number of hydrogen-bond donors (Lipinski definition) is 0. The Morgan fingerprint density at radius 3 is 2.63 bits per heavy atom. The van der Waals surface area contributed by atoms with Crippen LogP contribution >= 0.6 is 0 Å². The van der Waals surface area contributed by atoms with E-state index < -0.39 is 0 Å². The third-order valence-electron chi connectivity index (χ3n) is 4.18. The van der Waals surface area contributed by atoms with Crippen molar-refractivity contribution in [2.45, 2.75) is 40.0 Å². The Balaban J connectivity index is 2.38. The van der Waals surface area contributed by atoms with E-state index in [0.717, 1.165) is 29.7 Å². The van der Waals surface area contributed by atoms with Gasteiger partial charge in [-0.2, -0.15) is 0 Å². The first-order chi connectivity index (χ1) is 8.86. The van der Waals surface area contributed by atoms with Gasteiger partial charge in [-0.15, -0.1) is 0 Å². The Morgan fingerprint density at radius 2 is 2.00 bits per heavy atom. The summed E-state index contributed by atoms with van der Waals surface area (Å²) in [5.41, 5.74) is 2.46. The van der Waals surface area contributed by atoms with E-state index in [1.54, 1.807) is 11.9 Å². The summed E-state index contributed by atoms with van der Waals surface area (Å²) in [6.45, 7) is 5.98. The lowest BCUT2D eigenvalue weighted by atomic mass is 9.81. The molecule has 2 rings (SSSR count). The van der Waals surface area contributed by atoms with Crippen molar-refractivity contribution in [2.24, 2.45) is 5.41 Å². The summed E-state index contributed by atoms with van der Waals surface area (Å²) in [7, 11) is 1.79. The normalized spacial score (nSPS) is 15.4. The van der Waals surface area contributed by atoms with Crippen LogP contribution in [0.2, 0.25) is 0 Å². The Kier molecular flexibility index (Phi) is 3.48. The van der Waals surface area contributed by atoms with E-state index >= 15 is 0 Å². The predicted octanol–water partition coefficient (Wildman–Crippen LogP) is 3.21. The van der Waals surface area contributed by atoms with E-state index in [0.29, 0.717) is 6.42 Å². The molecule has 19 heavy (non-hydrogen) atoms. The van der Waals surface area contributed by atoms with Crippen LogP contribution < -0.4 is 4.90 Å². The average Bonchev–Trinajstić information content (AvgIpc) is 2.41. The number of Topliss-reactive ketones (excluding diaryl/α,β-unsaturated/α-hetero) is 1.